The van der Waals surface area contributed by atoms with Gasteiger partial charge in [-0.3, -0.25) is 0 Å². The average molecular weight is 434 g/mol. The monoisotopic (exact) mass is 432 g/mol. The first-order valence-electron chi connectivity index (χ1n) is 9.68. The number of benzene rings is 2. The van der Waals surface area contributed by atoms with Gasteiger partial charge in [0, 0.05) is 0 Å². The molecule has 4 aromatic rings. The summed E-state index contributed by atoms with van der Waals surface area (Å²) in [5, 5.41) is 5.61. The van der Waals surface area contributed by atoms with Gasteiger partial charge in [-0.15, -0.1) is 69.1 Å². The maximum atomic E-state index is 2.28. The van der Waals surface area contributed by atoms with Crippen molar-refractivity contribution in [2.24, 2.45) is 0 Å². The van der Waals surface area contributed by atoms with Crippen LogP contribution in [0, 0.1) is 13.8 Å². The average Bonchev–Trinajstić information content (AvgIpc) is 3.14. The van der Waals surface area contributed by atoms with Gasteiger partial charge in [0.2, 0.25) is 0 Å². The minimum atomic E-state index is 0. The van der Waals surface area contributed by atoms with Gasteiger partial charge in [0.05, 0.1) is 0 Å². The first kappa shape index (κ1) is 21.8. The number of fused-ring (bicyclic) bond motifs is 2. The zero-order chi connectivity index (χ0) is 18.8. The minimum absolute atomic E-state index is 0. The molecule has 0 radical (unpaired) electrons. The fourth-order valence-electron chi connectivity index (χ4n) is 3.82. The Hall–Kier alpha value is -1.46. The second-order valence-electron chi connectivity index (χ2n) is 8.08. The largest absolute Gasteiger partial charge is 2.00 e. The summed E-state index contributed by atoms with van der Waals surface area (Å²) >= 11 is 0. The van der Waals surface area contributed by atoms with E-state index in [1.807, 2.05) is 0 Å². The molecular weight excluding hydrogens is 404 g/mol. The van der Waals surface area contributed by atoms with Crippen LogP contribution in [0.5, 0.6) is 0 Å². The second kappa shape index (κ2) is 9.16. The van der Waals surface area contributed by atoms with E-state index >= 15 is 0 Å². The van der Waals surface area contributed by atoms with Crippen molar-refractivity contribution in [3.63, 3.8) is 0 Å². The number of aryl methyl sites for hydroxylation is 2. The Morgan fingerprint density at radius 3 is 1.33 bits per heavy atom. The molecule has 0 aliphatic carbocycles. The first-order valence-corrected chi connectivity index (χ1v) is 9.68. The van der Waals surface area contributed by atoms with E-state index in [-0.39, 0.29) is 26.2 Å². The van der Waals surface area contributed by atoms with Gasteiger partial charge in [-0.05, 0) is 11.8 Å². The smallest absolute Gasteiger partial charge is 0.165 e. The quantitative estimate of drug-likeness (QED) is 0.281. The van der Waals surface area contributed by atoms with E-state index in [4.69, 9.17) is 0 Å². The Morgan fingerprint density at radius 1 is 0.630 bits per heavy atom. The SMILES string of the molecule is Cc1cc2c(C(C)C)cccc2[cH-]1.Cc1cc2c(C(C)C)cccc2[cH-]1.[Zr+2]. The molecule has 0 aliphatic rings. The molecule has 138 valence electrons. The van der Waals surface area contributed by atoms with E-state index in [1.54, 1.807) is 0 Å². The number of hydrogen-bond acceptors (Lipinski definition) is 0. The predicted octanol–water partition coefficient (Wildman–Crippen LogP) is 7.98. The van der Waals surface area contributed by atoms with Crippen molar-refractivity contribution in [2.75, 3.05) is 0 Å². The summed E-state index contributed by atoms with van der Waals surface area (Å²) in [5.74, 6) is 1.23. The summed E-state index contributed by atoms with van der Waals surface area (Å²) in [7, 11) is 0. The van der Waals surface area contributed by atoms with Gasteiger partial charge >= 0.3 is 26.2 Å². The molecule has 0 saturated heterocycles. The van der Waals surface area contributed by atoms with Gasteiger partial charge in [-0.25, -0.2) is 0 Å². The van der Waals surface area contributed by atoms with Crippen LogP contribution in [0.25, 0.3) is 21.5 Å². The fourth-order valence-corrected chi connectivity index (χ4v) is 3.82. The Morgan fingerprint density at radius 2 is 1.00 bits per heavy atom. The van der Waals surface area contributed by atoms with Crippen molar-refractivity contribution >= 4 is 21.5 Å². The van der Waals surface area contributed by atoms with Gasteiger partial charge in [-0.1, -0.05) is 64.8 Å². The van der Waals surface area contributed by atoms with E-state index in [0.717, 1.165) is 0 Å². The van der Waals surface area contributed by atoms with Crippen LogP contribution in [0.2, 0.25) is 0 Å². The molecule has 4 rings (SSSR count). The van der Waals surface area contributed by atoms with E-state index in [0.29, 0.717) is 11.8 Å². The van der Waals surface area contributed by atoms with Crippen molar-refractivity contribution < 1.29 is 26.2 Å². The normalized spacial score (nSPS) is 11.0. The van der Waals surface area contributed by atoms with Crippen molar-refractivity contribution in [1.82, 2.24) is 0 Å². The molecule has 1 heteroatoms. The molecule has 0 aromatic heterocycles. The van der Waals surface area contributed by atoms with Crippen molar-refractivity contribution in [2.45, 2.75) is 53.4 Å². The third-order valence-corrected chi connectivity index (χ3v) is 5.10. The molecule has 0 spiro atoms. The Bertz CT molecular complexity index is 927. The Labute approximate surface area is 183 Å². The summed E-state index contributed by atoms with van der Waals surface area (Å²) in [4.78, 5) is 0. The molecule has 4 aromatic carbocycles. The molecule has 0 N–H and O–H groups in total. The number of hydrogen-bond donors (Lipinski definition) is 0. The molecule has 0 fully saturated rings. The Kier molecular flexibility index (Phi) is 7.41. The van der Waals surface area contributed by atoms with Gasteiger partial charge in [0.15, 0.2) is 0 Å². The van der Waals surface area contributed by atoms with Crippen LogP contribution in [0.3, 0.4) is 0 Å². The molecular formula is C26H30Zr. The van der Waals surface area contributed by atoms with E-state index in [2.05, 4.69) is 102 Å². The second-order valence-corrected chi connectivity index (χ2v) is 8.08. The standard InChI is InChI=1S/2C13H15.Zr/c2*1-9(2)12-6-4-5-11-7-10(3)8-13(11)12;/h2*4-9H,1-3H3;/q2*-1;+2. The molecule has 0 bridgehead atoms. The first-order chi connectivity index (χ1) is 12.4. The van der Waals surface area contributed by atoms with Crippen LogP contribution in [0.15, 0.2) is 60.7 Å². The van der Waals surface area contributed by atoms with E-state index in [1.165, 1.54) is 43.8 Å². The van der Waals surface area contributed by atoms with Crippen LogP contribution in [0.1, 0.15) is 61.8 Å². The summed E-state index contributed by atoms with van der Waals surface area (Å²) in [6.45, 7) is 13.3. The van der Waals surface area contributed by atoms with E-state index in [9.17, 15) is 0 Å². The van der Waals surface area contributed by atoms with Crippen LogP contribution in [0.4, 0.5) is 0 Å². The summed E-state index contributed by atoms with van der Waals surface area (Å²) in [6, 6.07) is 22.2. The van der Waals surface area contributed by atoms with Crippen LogP contribution >= 0.6 is 0 Å². The summed E-state index contributed by atoms with van der Waals surface area (Å²) in [6.07, 6.45) is 0. The molecule has 0 amide bonds. The minimum Gasteiger partial charge on any atom is -0.165 e. The molecule has 0 atom stereocenters. The van der Waals surface area contributed by atoms with Crippen molar-refractivity contribution in [3.8, 4) is 0 Å². The summed E-state index contributed by atoms with van der Waals surface area (Å²) < 4.78 is 0. The maximum absolute atomic E-state index is 2.28. The molecule has 0 unspecified atom stereocenters. The van der Waals surface area contributed by atoms with Gasteiger partial charge in [0.1, 0.15) is 0 Å². The van der Waals surface area contributed by atoms with E-state index < -0.39 is 0 Å². The van der Waals surface area contributed by atoms with Gasteiger partial charge < -0.3 is 0 Å². The molecule has 0 aliphatic heterocycles. The van der Waals surface area contributed by atoms with Crippen LogP contribution in [-0.2, 0) is 26.2 Å². The van der Waals surface area contributed by atoms with Crippen LogP contribution in [-0.4, -0.2) is 0 Å². The maximum Gasteiger partial charge on any atom is 2.00 e. The predicted molar refractivity (Wildman–Crippen MR) is 117 cm³/mol. The third kappa shape index (κ3) is 4.88. The topological polar surface area (TPSA) is 0 Å². The third-order valence-electron chi connectivity index (χ3n) is 5.10. The fraction of sp³-hybridized carbons (Fsp3) is 0.308. The molecule has 27 heavy (non-hydrogen) atoms. The van der Waals surface area contributed by atoms with Crippen LogP contribution < -0.4 is 0 Å². The van der Waals surface area contributed by atoms with Crippen molar-refractivity contribution in [1.29, 1.82) is 0 Å². The Balaban J connectivity index is 0.000000187. The molecule has 0 nitrogen and oxygen atoms in total. The zero-order valence-corrected chi connectivity index (χ0v) is 19.9. The molecule has 0 heterocycles. The van der Waals surface area contributed by atoms with Crippen molar-refractivity contribution in [3.05, 3.63) is 82.9 Å². The van der Waals surface area contributed by atoms with Gasteiger partial charge in [0.25, 0.3) is 0 Å². The zero-order valence-electron chi connectivity index (χ0n) is 17.4. The van der Waals surface area contributed by atoms with Gasteiger partial charge in [-0.2, -0.15) is 12.1 Å². The summed E-state index contributed by atoms with van der Waals surface area (Å²) in [5.41, 5.74) is 5.66. The number of rotatable bonds is 2. The molecule has 0 saturated carbocycles.